The number of hydrogen-bond acceptors (Lipinski definition) is 2. The second-order valence-electron chi connectivity index (χ2n) is 4.57. The predicted molar refractivity (Wildman–Crippen MR) is 65.8 cm³/mol. The van der Waals surface area contributed by atoms with Gasteiger partial charge in [0, 0.05) is 24.6 Å². The van der Waals surface area contributed by atoms with Gasteiger partial charge in [0.05, 0.1) is 0 Å². The first-order valence-electron chi connectivity index (χ1n) is 6.03. The maximum atomic E-state index is 12.2. The van der Waals surface area contributed by atoms with Crippen LogP contribution in [-0.4, -0.2) is 29.7 Å². The Balaban J connectivity index is 2.07. The molecule has 1 saturated heterocycles. The summed E-state index contributed by atoms with van der Waals surface area (Å²) < 4.78 is 0. The first kappa shape index (κ1) is 11.8. The minimum absolute atomic E-state index is 0.0245. The van der Waals surface area contributed by atoms with Gasteiger partial charge in [-0.25, -0.2) is 0 Å². The summed E-state index contributed by atoms with van der Waals surface area (Å²) in [7, 11) is 0. The molecule has 0 radical (unpaired) electrons. The fourth-order valence-electron chi connectivity index (χ4n) is 2.26. The Morgan fingerprint density at radius 1 is 1.24 bits per heavy atom. The SMILES string of the molecule is CC(=O)C1CCCN(C(=O)c2ccccc2)C1. The average Bonchev–Trinajstić information content (AvgIpc) is 2.39. The Morgan fingerprint density at radius 2 is 1.94 bits per heavy atom. The molecule has 3 heteroatoms. The highest BCUT2D eigenvalue weighted by Gasteiger charge is 2.26. The van der Waals surface area contributed by atoms with Crippen LogP contribution in [0.25, 0.3) is 0 Å². The number of Topliss-reactive ketones (excluding diaryl/α,β-unsaturated/α-hetero) is 1. The van der Waals surface area contributed by atoms with Gasteiger partial charge in [-0.05, 0) is 31.9 Å². The molecule has 90 valence electrons. The average molecular weight is 231 g/mol. The Bertz CT molecular complexity index is 413. The lowest BCUT2D eigenvalue weighted by molar-refractivity contribution is -0.121. The van der Waals surface area contributed by atoms with E-state index in [1.807, 2.05) is 30.3 Å². The molecule has 0 N–H and O–H groups in total. The van der Waals surface area contributed by atoms with Gasteiger partial charge < -0.3 is 4.90 Å². The Hall–Kier alpha value is -1.64. The summed E-state index contributed by atoms with van der Waals surface area (Å²) >= 11 is 0. The number of benzene rings is 1. The molecule has 17 heavy (non-hydrogen) atoms. The summed E-state index contributed by atoms with van der Waals surface area (Å²) in [6.45, 7) is 2.95. The van der Waals surface area contributed by atoms with Crippen molar-refractivity contribution in [2.45, 2.75) is 19.8 Å². The summed E-state index contributed by atoms with van der Waals surface area (Å²) in [5.41, 5.74) is 0.705. The van der Waals surface area contributed by atoms with Crippen molar-refractivity contribution in [2.75, 3.05) is 13.1 Å². The molecule has 1 aliphatic rings. The largest absolute Gasteiger partial charge is 0.338 e. The van der Waals surface area contributed by atoms with Crippen LogP contribution >= 0.6 is 0 Å². The topological polar surface area (TPSA) is 37.4 Å². The number of hydrogen-bond donors (Lipinski definition) is 0. The normalized spacial score (nSPS) is 20.1. The Morgan fingerprint density at radius 3 is 2.59 bits per heavy atom. The van der Waals surface area contributed by atoms with Crippen molar-refractivity contribution in [3.05, 3.63) is 35.9 Å². The van der Waals surface area contributed by atoms with Crippen molar-refractivity contribution in [1.29, 1.82) is 0 Å². The number of nitrogens with zero attached hydrogens (tertiary/aromatic N) is 1. The lowest BCUT2D eigenvalue weighted by Crippen LogP contribution is -2.41. The van der Waals surface area contributed by atoms with Gasteiger partial charge in [0.15, 0.2) is 0 Å². The van der Waals surface area contributed by atoms with Gasteiger partial charge in [-0.15, -0.1) is 0 Å². The molecule has 0 aromatic heterocycles. The molecule has 3 nitrogen and oxygen atoms in total. The third-order valence-electron chi connectivity index (χ3n) is 3.30. The maximum Gasteiger partial charge on any atom is 0.253 e. The number of amides is 1. The smallest absolute Gasteiger partial charge is 0.253 e. The fourth-order valence-corrected chi connectivity index (χ4v) is 2.26. The Kier molecular flexibility index (Phi) is 3.57. The molecule has 0 spiro atoms. The molecule has 1 unspecified atom stereocenters. The third-order valence-corrected chi connectivity index (χ3v) is 3.30. The van der Waals surface area contributed by atoms with Crippen LogP contribution in [0.1, 0.15) is 30.1 Å². The lowest BCUT2D eigenvalue weighted by Gasteiger charge is -2.31. The van der Waals surface area contributed by atoms with E-state index in [1.165, 1.54) is 0 Å². The predicted octanol–water partition coefficient (Wildman–Crippen LogP) is 2.13. The zero-order valence-corrected chi connectivity index (χ0v) is 10.1. The van der Waals surface area contributed by atoms with E-state index in [0.717, 1.165) is 19.4 Å². The van der Waals surface area contributed by atoms with Crippen LogP contribution in [0, 0.1) is 5.92 Å². The number of ketones is 1. The summed E-state index contributed by atoms with van der Waals surface area (Å²) in [4.78, 5) is 25.3. The molecular weight excluding hydrogens is 214 g/mol. The molecule has 1 aromatic carbocycles. The summed E-state index contributed by atoms with van der Waals surface area (Å²) in [5.74, 6) is 0.253. The second-order valence-corrected chi connectivity index (χ2v) is 4.57. The maximum absolute atomic E-state index is 12.2. The van der Waals surface area contributed by atoms with E-state index in [2.05, 4.69) is 0 Å². The van der Waals surface area contributed by atoms with Gasteiger partial charge in [-0.2, -0.15) is 0 Å². The minimum Gasteiger partial charge on any atom is -0.338 e. The van der Waals surface area contributed by atoms with E-state index < -0.39 is 0 Å². The molecule has 2 rings (SSSR count). The van der Waals surface area contributed by atoms with Crippen LogP contribution < -0.4 is 0 Å². The highest BCUT2D eigenvalue weighted by atomic mass is 16.2. The molecule has 0 aliphatic carbocycles. The molecule has 1 atom stereocenters. The molecule has 1 aromatic rings. The van der Waals surface area contributed by atoms with E-state index in [9.17, 15) is 9.59 Å². The van der Waals surface area contributed by atoms with Gasteiger partial charge in [0.2, 0.25) is 0 Å². The zero-order chi connectivity index (χ0) is 12.3. The number of carbonyl (C=O) groups is 2. The monoisotopic (exact) mass is 231 g/mol. The van der Waals surface area contributed by atoms with E-state index in [4.69, 9.17) is 0 Å². The van der Waals surface area contributed by atoms with Gasteiger partial charge in [0.1, 0.15) is 5.78 Å². The second kappa shape index (κ2) is 5.13. The van der Waals surface area contributed by atoms with Crippen LogP contribution in [0.3, 0.4) is 0 Å². The van der Waals surface area contributed by atoms with Crippen LogP contribution in [0.2, 0.25) is 0 Å². The molecule has 0 saturated carbocycles. The summed E-state index contributed by atoms with van der Waals surface area (Å²) in [6.07, 6.45) is 1.83. The number of rotatable bonds is 2. The van der Waals surface area contributed by atoms with Gasteiger partial charge in [-0.3, -0.25) is 9.59 Å². The molecule has 1 heterocycles. The zero-order valence-electron chi connectivity index (χ0n) is 10.1. The van der Waals surface area contributed by atoms with Crippen LogP contribution in [-0.2, 0) is 4.79 Å². The van der Waals surface area contributed by atoms with Crippen molar-refractivity contribution in [3.63, 3.8) is 0 Å². The highest BCUT2D eigenvalue weighted by Crippen LogP contribution is 2.19. The van der Waals surface area contributed by atoms with E-state index in [0.29, 0.717) is 12.1 Å². The van der Waals surface area contributed by atoms with E-state index in [-0.39, 0.29) is 17.6 Å². The molecule has 0 bridgehead atoms. The van der Waals surface area contributed by atoms with Crippen molar-refractivity contribution in [2.24, 2.45) is 5.92 Å². The van der Waals surface area contributed by atoms with Gasteiger partial charge >= 0.3 is 0 Å². The highest BCUT2D eigenvalue weighted by molar-refractivity contribution is 5.94. The Labute approximate surface area is 101 Å². The molecule has 1 amide bonds. The lowest BCUT2D eigenvalue weighted by atomic mass is 9.94. The summed E-state index contributed by atoms with van der Waals surface area (Å²) in [6, 6.07) is 9.25. The quantitative estimate of drug-likeness (QED) is 0.782. The van der Waals surface area contributed by atoms with Gasteiger partial charge in [-0.1, -0.05) is 18.2 Å². The van der Waals surface area contributed by atoms with Crippen LogP contribution in [0.4, 0.5) is 0 Å². The van der Waals surface area contributed by atoms with Crippen LogP contribution in [0.5, 0.6) is 0 Å². The van der Waals surface area contributed by atoms with Crippen molar-refractivity contribution < 1.29 is 9.59 Å². The van der Waals surface area contributed by atoms with Gasteiger partial charge in [0.25, 0.3) is 5.91 Å². The van der Waals surface area contributed by atoms with Crippen molar-refractivity contribution in [1.82, 2.24) is 4.90 Å². The fraction of sp³-hybridized carbons (Fsp3) is 0.429. The van der Waals surface area contributed by atoms with Crippen molar-refractivity contribution in [3.8, 4) is 0 Å². The minimum atomic E-state index is 0.0245. The standard InChI is InChI=1S/C14H17NO2/c1-11(16)13-8-5-9-15(10-13)14(17)12-6-3-2-4-7-12/h2-4,6-7,13H,5,8-10H2,1H3. The van der Waals surface area contributed by atoms with E-state index in [1.54, 1.807) is 11.8 Å². The summed E-state index contributed by atoms with van der Waals surface area (Å²) in [5, 5.41) is 0. The number of likely N-dealkylation sites (tertiary alicyclic amines) is 1. The first-order chi connectivity index (χ1) is 8.18. The first-order valence-corrected chi connectivity index (χ1v) is 6.03. The molecule has 1 aliphatic heterocycles. The van der Waals surface area contributed by atoms with Crippen molar-refractivity contribution >= 4 is 11.7 Å². The number of carbonyl (C=O) groups excluding carboxylic acids is 2. The third kappa shape index (κ3) is 2.73. The molecule has 1 fully saturated rings. The van der Waals surface area contributed by atoms with E-state index >= 15 is 0 Å². The molecular formula is C14H17NO2. The number of piperidine rings is 1. The van der Waals surface area contributed by atoms with Crippen LogP contribution in [0.15, 0.2) is 30.3 Å².